The van der Waals surface area contributed by atoms with Crippen molar-refractivity contribution in [3.8, 4) is 35.5 Å². The normalized spacial score (nSPS) is 10.7. The molecule has 6 nitrogen and oxygen atoms in total. The second-order valence-electron chi connectivity index (χ2n) is 17.9. The Kier molecular flexibility index (Phi) is 49.3. The summed E-state index contributed by atoms with van der Waals surface area (Å²) in [4.78, 5) is 37.9. The first-order chi connectivity index (χ1) is 31.0. The molecule has 63 heavy (non-hydrogen) atoms. The summed E-state index contributed by atoms with van der Waals surface area (Å²) < 4.78 is 16.7. The first-order valence-electron chi connectivity index (χ1n) is 26.9. The summed E-state index contributed by atoms with van der Waals surface area (Å²) in [6.07, 6.45) is 45.2. The lowest BCUT2D eigenvalue weighted by molar-refractivity contribution is -0.167. The van der Waals surface area contributed by atoms with E-state index in [0.717, 1.165) is 77.0 Å². The van der Waals surface area contributed by atoms with Gasteiger partial charge in [0.25, 0.3) is 0 Å². The summed E-state index contributed by atoms with van der Waals surface area (Å²) in [5.41, 5.74) is 0. The number of hydrogen-bond donors (Lipinski definition) is 0. The molecule has 0 rings (SSSR count). The van der Waals surface area contributed by atoms with Crippen LogP contribution in [0.4, 0.5) is 0 Å². The van der Waals surface area contributed by atoms with Crippen molar-refractivity contribution in [1.29, 1.82) is 0 Å². The molecule has 0 atom stereocenters. The maximum absolute atomic E-state index is 12.8. The third-order valence-electron chi connectivity index (χ3n) is 11.5. The molecule has 362 valence electrons. The summed E-state index contributed by atoms with van der Waals surface area (Å²) in [7, 11) is 0. The molecule has 0 saturated heterocycles. The summed E-state index contributed by atoms with van der Waals surface area (Å²) in [5.74, 6) is 18.6. The maximum atomic E-state index is 12.8. The van der Waals surface area contributed by atoms with Gasteiger partial charge in [0.15, 0.2) is 6.10 Å². The minimum absolute atomic E-state index is 0.130. The average Bonchev–Trinajstić information content (AvgIpc) is 3.28. The number of ether oxygens (including phenoxy) is 3. The molecule has 0 bridgehead atoms. The van der Waals surface area contributed by atoms with Crippen LogP contribution in [0.5, 0.6) is 0 Å². The number of carbonyl (C=O) groups is 3. The molecule has 0 aromatic carbocycles. The van der Waals surface area contributed by atoms with E-state index < -0.39 is 6.10 Å². The van der Waals surface area contributed by atoms with Gasteiger partial charge in [-0.25, -0.2) is 0 Å². The van der Waals surface area contributed by atoms with Crippen LogP contribution in [-0.2, 0) is 28.6 Å². The first-order valence-corrected chi connectivity index (χ1v) is 26.9. The zero-order chi connectivity index (χ0) is 45.8. The lowest BCUT2D eigenvalue weighted by Crippen LogP contribution is -2.30. The van der Waals surface area contributed by atoms with Crippen LogP contribution in [0.2, 0.25) is 0 Å². The van der Waals surface area contributed by atoms with Gasteiger partial charge < -0.3 is 14.2 Å². The van der Waals surface area contributed by atoms with Gasteiger partial charge in [0, 0.05) is 57.8 Å². The van der Waals surface area contributed by atoms with E-state index in [1.165, 1.54) is 154 Å². The highest BCUT2D eigenvalue weighted by Gasteiger charge is 2.19. The summed E-state index contributed by atoms with van der Waals surface area (Å²) in [6, 6.07) is 0. The Labute approximate surface area is 390 Å². The Balaban J connectivity index is 4.47. The number of esters is 3. The molecular formula is C57H98O6. The third kappa shape index (κ3) is 50.0. The predicted molar refractivity (Wildman–Crippen MR) is 266 cm³/mol. The largest absolute Gasteiger partial charge is 0.462 e. The quantitative estimate of drug-likeness (QED) is 0.0263. The highest BCUT2D eigenvalue weighted by atomic mass is 16.6. The van der Waals surface area contributed by atoms with Crippen LogP contribution in [0.3, 0.4) is 0 Å². The number of carbonyl (C=O) groups excluding carboxylic acids is 3. The van der Waals surface area contributed by atoms with Crippen LogP contribution in [0.25, 0.3) is 0 Å². The molecule has 0 N–H and O–H groups in total. The minimum Gasteiger partial charge on any atom is -0.462 e. The molecule has 6 heteroatoms. The van der Waals surface area contributed by atoms with Gasteiger partial charge in [-0.15, -0.1) is 35.5 Å². The lowest BCUT2D eigenvalue weighted by atomic mass is 10.1. The van der Waals surface area contributed by atoms with Gasteiger partial charge >= 0.3 is 17.9 Å². The van der Waals surface area contributed by atoms with E-state index in [1.54, 1.807) is 0 Å². The Morgan fingerprint density at radius 1 is 0.302 bits per heavy atom. The third-order valence-corrected chi connectivity index (χ3v) is 11.5. The van der Waals surface area contributed by atoms with E-state index in [-0.39, 0.29) is 50.4 Å². The van der Waals surface area contributed by atoms with Gasteiger partial charge in [-0.2, -0.15) is 0 Å². The Bertz CT molecular complexity index is 1160. The standard InChI is InChI=1S/C57H98O6/c1-4-7-10-13-16-19-22-25-28-31-34-37-40-43-46-49-55(58)61-52-54(63-57(60)51-48-45-42-39-36-33-30-27-24-21-18-15-12-9-6-3)53-62-56(59)50-47-44-41-38-35-32-29-26-23-20-17-14-11-8-5-2/h54H,4-33,40-53H2,1-3H3. The molecule has 0 aromatic heterocycles. The molecule has 0 aliphatic carbocycles. The van der Waals surface area contributed by atoms with Gasteiger partial charge in [-0.3, -0.25) is 14.4 Å². The van der Waals surface area contributed by atoms with Crippen molar-refractivity contribution in [1.82, 2.24) is 0 Å². The lowest BCUT2D eigenvalue weighted by Gasteiger charge is -2.18. The minimum atomic E-state index is -0.833. The van der Waals surface area contributed by atoms with E-state index in [4.69, 9.17) is 14.2 Å². The number of hydrogen-bond acceptors (Lipinski definition) is 6. The Morgan fingerprint density at radius 2 is 0.524 bits per heavy atom. The molecule has 0 unspecified atom stereocenters. The fourth-order valence-corrected chi connectivity index (χ4v) is 7.43. The number of unbranched alkanes of at least 4 members (excludes halogenated alkanes) is 33. The van der Waals surface area contributed by atoms with Gasteiger partial charge in [0.1, 0.15) is 13.2 Å². The zero-order valence-electron chi connectivity index (χ0n) is 41.6. The Morgan fingerprint density at radius 3 is 0.794 bits per heavy atom. The summed E-state index contributed by atoms with van der Waals surface area (Å²) >= 11 is 0. The van der Waals surface area contributed by atoms with E-state index >= 15 is 0 Å². The van der Waals surface area contributed by atoms with Crippen molar-refractivity contribution in [2.75, 3.05) is 13.2 Å². The molecule has 0 radical (unpaired) electrons. The molecule has 0 aliphatic rings. The fourth-order valence-electron chi connectivity index (χ4n) is 7.43. The van der Waals surface area contributed by atoms with Crippen LogP contribution < -0.4 is 0 Å². The van der Waals surface area contributed by atoms with Crippen LogP contribution in [0.15, 0.2) is 0 Å². The average molecular weight is 879 g/mol. The van der Waals surface area contributed by atoms with Gasteiger partial charge in [0.2, 0.25) is 0 Å². The fraction of sp³-hybridized carbons (Fsp3) is 0.842. The van der Waals surface area contributed by atoms with Crippen LogP contribution in [-0.4, -0.2) is 37.2 Å². The Hall–Kier alpha value is -2.91. The van der Waals surface area contributed by atoms with E-state index in [1.807, 2.05) is 0 Å². The zero-order valence-corrected chi connectivity index (χ0v) is 41.6. The molecule has 0 aromatic rings. The van der Waals surface area contributed by atoms with E-state index in [0.29, 0.717) is 19.3 Å². The summed E-state index contributed by atoms with van der Waals surface area (Å²) in [5, 5.41) is 0. The van der Waals surface area contributed by atoms with Gasteiger partial charge in [-0.1, -0.05) is 175 Å². The first kappa shape index (κ1) is 60.1. The SMILES string of the molecule is CCCCCCCCCCCC#CCCCCC(=O)OCC(COC(=O)CCCCC#CCCCCCCCCCCC)OC(=O)CCCCC#CCCCCCCCCCCC. The second-order valence-corrected chi connectivity index (χ2v) is 17.9. The van der Waals surface area contributed by atoms with Crippen molar-refractivity contribution in [2.24, 2.45) is 0 Å². The predicted octanol–water partition coefficient (Wildman–Crippen LogP) is 16.4. The van der Waals surface area contributed by atoms with Crippen molar-refractivity contribution in [2.45, 2.75) is 297 Å². The van der Waals surface area contributed by atoms with Gasteiger partial charge in [0.05, 0.1) is 0 Å². The molecule has 0 spiro atoms. The second kappa shape index (κ2) is 51.7. The topological polar surface area (TPSA) is 78.9 Å². The van der Waals surface area contributed by atoms with Crippen molar-refractivity contribution in [3.63, 3.8) is 0 Å². The summed E-state index contributed by atoms with van der Waals surface area (Å²) in [6.45, 7) is 6.52. The molecule has 0 saturated carbocycles. The van der Waals surface area contributed by atoms with Crippen LogP contribution in [0, 0.1) is 35.5 Å². The monoisotopic (exact) mass is 879 g/mol. The van der Waals surface area contributed by atoms with Crippen molar-refractivity contribution >= 4 is 17.9 Å². The maximum Gasteiger partial charge on any atom is 0.306 e. The molecule has 0 amide bonds. The highest BCUT2D eigenvalue weighted by Crippen LogP contribution is 2.14. The van der Waals surface area contributed by atoms with Crippen molar-refractivity contribution < 1.29 is 28.6 Å². The molecule has 0 fully saturated rings. The molecule has 0 heterocycles. The van der Waals surface area contributed by atoms with Gasteiger partial charge in [-0.05, 0) is 57.8 Å². The van der Waals surface area contributed by atoms with Crippen LogP contribution >= 0.6 is 0 Å². The van der Waals surface area contributed by atoms with E-state index in [2.05, 4.69) is 56.3 Å². The van der Waals surface area contributed by atoms with E-state index in [9.17, 15) is 14.4 Å². The molecule has 0 aliphatic heterocycles. The molecular weight excluding hydrogens is 781 g/mol. The highest BCUT2D eigenvalue weighted by molar-refractivity contribution is 5.71. The van der Waals surface area contributed by atoms with Crippen molar-refractivity contribution in [3.05, 3.63) is 0 Å². The number of rotatable bonds is 44. The van der Waals surface area contributed by atoms with Crippen LogP contribution in [0.1, 0.15) is 290 Å². The smallest absolute Gasteiger partial charge is 0.306 e.